The van der Waals surface area contributed by atoms with Crippen molar-refractivity contribution in [1.29, 1.82) is 0 Å². The smallest absolute Gasteiger partial charge is 0.338 e. The molecule has 1 fully saturated rings. The molecule has 0 spiro atoms. The summed E-state index contributed by atoms with van der Waals surface area (Å²) in [5, 5.41) is 11.3. The molecule has 0 saturated carbocycles. The zero-order chi connectivity index (χ0) is 22.4. The van der Waals surface area contributed by atoms with Crippen molar-refractivity contribution in [2.45, 2.75) is 77.3 Å². The number of esters is 1. The highest BCUT2D eigenvalue weighted by Crippen LogP contribution is 2.53. The largest absolute Gasteiger partial charge is 0.454 e. The Labute approximate surface area is 185 Å². The predicted molar refractivity (Wildman–Crippen MR) is 122 cm³/mol. The van der Waals surface area contributed by atoms with Crippen LogP contribution in [0.4, 0.5) is 0 Å². The standard InChI is InChI=1S/C27H34O4/c1-17-10-9-14-27(5)24(31-27)23(28)21-16-22(19(3)26(4,15-13-17)18(21)2)30-25(29)20-11-7-6-8-12-20/h6-8,10-12,16,19,22-24,28H,2,9,13-15H2,1,3-5H3/b17-10+/t19-,22+,23-,24-,26-,27-/m1/s1. The number of hydrogen-bond donors (Lipinski definition) is 1. The lowest BCUT2D eigenvalue weighted by molar-refractivity contribution is 0.00776. The Morgan fingerprint density at radius 3 is 2.65 bits per heavy atom. The van der Waals surface area contributed by atoms with Crippen LogP contribution in [0.15, 0.2) is 65.8 Å². The van der Waals surface area contributed by atoms with E-state index in [0.717, 1.165) is 36.8 Å². The Bertz CT molecular complexity index is 930. The summed E-state index contributed by atoms with van der Waals surface area (Å²) in [7, 11) is 0. The molecule has 0 radical (unpaired) electrons. The highest BCUT2D eigenvalue weighted by Gasteiger charge is 2.58. The molecule has 0 amide bonds. The Balaban J connectivity index is 1.70. The number of fused-ring (bicyclic) bond motifs is 3. The number of hydrogen-bond acceptors (Lipinski definition) is 4. The molecule has 31 heavy (non-hydrogen) atoms. The first-order valence-electron chi connectivity index (χ1n) is 11.3. The van der Waals surface area contributed by atoms with Crippen molar-refractivity contribution in [2.75, 3.05) is 0 Å². The molecule has 2 aliphatic carbocycles. The maximum atomic E-state index is 12.8. The van der Waals surface area contributed by atoms with E-state index in [2.05, 4.69) is 40.3 Å². The molecule has 0 aromatic heterocycles. The fourth-order valence-electron chi connectivity index (χ4n) is 5.13. The van der Waals surface area contributed by atoms with Gasteiger partial charge in [-0.15, -0.1) is 0 Å². The first-order valence-corrected chi connectivity index (χ1v) is 11.3. The highest BCUT2D eigenvalue weighted by atomic mass is 16.6. The quantitative estimate of drug-likeness (QED) is 0.394. The van der Waals surface area contributed by atoms with Crippen LogP contribution in [0.3, 0.4) is 0 Å². The van der Waals surface area contributed by atoms with E-state index in [9.17, 15) is 9.90 Å². The summed E-state index contributed by atoms with van der Waals surface area (Å²) in [5.74, 6) is -0.312. The Morgan fingerprint density at radius 1 is 1.23 bits per heavy atom. The molecule has 166 valence electrons. The minimum Gasteiger partial charge on any atom is -0.454 e. The van der Waals surface area contributed by atoms with Gasteiger partial charge in [0.05, 0.1) is 11.2 Å². The maximum Gasteiger partial charge on any atom is 0.338 e. The third kappa shape index (κ3) is 4.04. The third-order valence-corrected chi connectivity index (χ3v) is 7.85. The lowest BCUT2D eigenvalue weighted by atomic mass is 9.61. The second-order valence-electron chi connectivity index (χ2n) is 9.93. The number of rotatable bonds is 2. The van der Waals surface area contributed by atoms with Crippen molar-refractivity contribution in [3.05, 3.63) is 71.3 Å². The monoisotopic (exact) mass is 422 g/mol. The molecule has 1 aromatic carbocycles. The SMILES string of the molecule is C=C1C2=C[C@H](OC(=O)c3ccccc3)[C@@H](C)[C@]1(C)CC/C(C)=C/CC[C@@]1(C)O[C@@H]1[C@@H]2O. The van der Waals surface area contributed by atoms with Crippen molar-refractivity contribution in [3.8, 4) is 0 Å². The number of carbonyl (C=O) groups excluding carboxylic acids is 1. The van der Waals surface area contributed by atoms with E-state index in [1.54, 1.807) is 12.1 Å². The Morgan fingerprint density at radius 2 is 1.94 bits per heavy atom. The van der Waals surface area contributed by atoms with Gasteiger partial charge in [-0.3, -0.25) is 0 Å². The van der Waals surface area contributed by atoms with E-state index in [4.69, 9.17) is 9.47 Å². The lowest BCUT2D eigenvalue weighted by Crippen LogP contribution is -2.44. The van der Waals surface area contributed by atoms with Crippen LogP contribution in [-0.2, 0) is 9.47 Å². The molecular formula is C27H34O4. The molecule has 6 atom stereocenters. The van der Waals surface area contributed by atoms with E-state index in [0.29, 0.717) is 5.56 Å². The number of aliphatic hydroxyl groups excluding tert-OH is 1. The molecule has 1 aliphatic heterocycles. The number of aliphatic hydroxyl groups is 1. The summed E-state index contributed by atoms with van der Waals surface area (Å²) in [5.41, 5.74) is 2.96. The summed E-state index contributed by atoms with van der Waals surface area (Å²) >= 11 is 0. The van der Waals surface area contributed by atoms with E-state index in [-0.39, 0.29) is 29.0 Å². The normalized spacial score (nSPS) is 39.7. The maximum absolute atomic E-state index is 12.8. The molecule has 3 aliphatic rings. The van der Waals surface area contributed by atoms with Gasteiger partial charge in [-0.25, -0.2) is 4.79 Å². The van der Waals surface area contributed by atoms with Gasteiger partial charge in [0.15, 0.2) is 0 Å². The zero-order valence-electron chi connectivity index (χ0n) is 19.1. The Hall–Kier alpha value is -2.17. The third-order valence-electron chi connectivity index (χ3n) is 7.85. The Kier molecular flexibility index (Phi) is 5.74. The number of benzene rings is 1. The summed E-state index contributed by atoms with van der Waals surface area (Å²) in [6, 6.07) is 9.06. The van der Waals surface area contributed by atoms with E-state index in [1.807, 2.05) is 24.3 Å². The van der Waals surface area contributed by atoms with Gasteiger partial charge in [0.2, 0.25) is 0 Å². The van der Waals surface area contributed by atoms with Crippen LogP contribution in [0.1, 0.15) is 63.7 Å². The lowest BCUT2D eigenvalue weighted by Gasteiger charge is -2.46. The van der Waals surface area contributed by atoms with Gasteiger partial charge in [0, 0.05) is 5.92 Å². The number of ether oxygens (including phenoxy) is 2. The van der Waals surface area contributed by atoms with Gasteiger partial charge in [-0.2, -0.15) is 0 Å². The molecule has 4 rings (SSSR count). The number of carbonyl (C=O) groups is 1. The van der Waals surface area contributed by atoms with Crippen LogP contribution >= 0.6 is 0 Å². The average molecular weight is 423 g/mol. The van der Waals surface area contributed by atoms with Crippen molar-refractivity contribution in [1.82, 2.24) is 0 Å². The van der Waals surface area contributed by atoms with Crippen molar-refractivity contribution in [3.63, 3.8) is 0 Å². The van der Waals surface area contributed by atoms with Crippen LogP contribution in [0.25, 0.3) is 0 Å². The minimum absolute atomic E-state index is 0.0332. The molecule has 2 bridgehead atoms. The van der Waals surface area contributed by atoms with Crippen LogP contribution in [0.5, 0.6) is 0 Å². The zero-order valence-corrected chi connectivity index (χ0v) is 19.1. The predicted octanol–water partition coefficient (Wildman–Crippen LogP) is 5.39. The molecule has 1 aromatic rings. The van der Waals surface area contributed by atoms with Crippen LogP contribution in [0.2, 0.25) is 0 Å². The molecule has 1 saturated heterocycles. The van der Waals surface area contributed by atoms with Gasteiger partial charge in [0.1, 0.15) is 18.3 Å². The molecule has 4 nitrogen and oxygen atoms in total. The first kappa shape index (κ1) is 22.0. The van der Waals surface area contributed by atoms with E-state index >= 15 is 0 Å². The number of allylic oxidation sites excluding steroid dienone is 2. The summed E-state index contributed by atoms with van der Waals surface area (Å²) in [6.45, 7) is 13.0. The van der Waals surface area contributed by atoms with Gasteiger partial charge < -0.3 is 14.6 Å². The van der Waals surface area contributed by atoms with Gasteiger partial charge in [-0.1, -0.05) is 50.3 Å². The topological polar surface area (TPSA) is 59.1 Å². The van der Waals surface area contributed by atoms with Crippen molar-refractivity contribution < 1.29 is 19.4 Å². The molecule has 0 unspecified atom stereocenters. The molecule has 1 heterocycles. The van der Waals surface area contributed by atoms with Gasteiger partial charge >= 0.3 is 5.97 Å². The summed E-state index contributed by atoms with van der Waals surface area (Å²) in [6.07, 6.45) is 6.41. The van der Waals surface area contributed by atoms with Crippen LogP contribution < -0.4 is 0 Å². The van der Waals surface area contributed by atoms with Gasteiger partial charge in [-0.05, 0) is 74.3 Å². The minimum atomic E-state index is -0.772. The fraction of sp³-hybridized carbons (Fsp3) is 0.519. The van der Waals surface area contributed by atoms with Crippen molar-refractivity contribution >= 4 is 5.97 Å². The summed E-state index contributed by atoms with van der Waals surface area (Å²) in [4.78, 5) is 12.8. The average Bonchev–Trinajstić information content (AvgIpc) is 3.43. The van der Waals surface area contributed by atoms with Crippen LogP contribution in [-0.4, -0.2) is 35.0 Å². The second kappa shape index (κ2) is 8.07. The second-order valence-corrected chi connectivity index (χ2v) is 9.93. The van der Waals surface area contributed by atoms with Gasteiger partial charge in [0.25, 0.3) is 0 Å². The van der Waals surface area contributed by atoms with E-state index < -0.39 is 12.2 Å². The molecule has 1 N–H and O–H groups in total. The first-order chi connectivity index (χ1) is 14.7. The molecule has 4 heteroatoms. The summed E-state index contributed by atoms with van der Waals surface area (Å²) < 4.78 is 12.0. The highest BCUT2D eigenvalue weighted by molar-refractivity contribution is 5.89. The van der Waals surface area contributed by atoms with E-state index in [1.165, 1.54) is 5.57 Å². The number of epoxide rings is 1. The fourth-order valence-corrected chi connectivity index (χ4v) is 5.13. The molecular weight excluding hydrogens is 388 g/mol. The van der Waals surface area contributed by atoms with Crippen molar-refractivity contribution in [2.24, 2.45) is 11.3 Å². The van der Waals surface area contributed by atoms with Crippen LogP contribution in [0, 0.1) is 11.3 Å².